The number of carbonyl (C=O) groups excluding carboxylic acids is 1. The maximum Gasteiger partial charge on any atom is 0.255 e. The van der Waals surface area contributed by atoms with E-state index in [4.69, 9.17) is 5.73 Å². The predicted octanol–water partition coefficient (Wildman–Crippen LogP) is 2.27. The molecular weight excluding hydrogens is 581 g/mol. The van der Waals surface area contributed by atoms with E-state index >= 15 is 0 Å². The average molecular weight is 602 g/mol. The third kappa shape index (κ3) is 5.53. The summed E-state index contributed by atoms with van der Waals surface area (Å²) < 4.78 is 48.0. The summed E-state index contributed by atoms with van der Waals surface area (Å²) in [6.07, 6.45) is 1.06. The molecule has 1 unspecified atom stereocenters. The highest BCUT2D eigenvalue weighted by Gasteiger charge is 2.20. The summed E-state index contributed by atoms with van der Waals surface area (Å²) in [7, 11) is -0.261. The monoisotopic (exact) mass is 602 g/mol. The molecule has 0 aliphatic carbocycles. The van der Waals surface area contributed by atoms with Crippen LogP contribution in [0.2, 0.25) is 0 Å². The van der Waals surface area contributed by atoms with E-state index < -0.39 is 33.0 Å². The SMILES string of the molecule is C=S(=O)(NC)Nc1nccc(Cc2cc(C(N)=O)c(Nc3ccc(I)cc3F)n(C)c2=O)c1F. The molecule has 2 heterocycles. The molecule has 9 nitrogen and oxygen atoms in total. The summed E-state index contributed by atoms with van der Waals surface area (Å²) in [6.45, 7) is 0. The van der Waals surface area contributed by atoms with Gasteiger partial charge in [-0.25, -0.2) is 22.7 Å². The van der Waals surface area contributed by atoms with Gasteiger partial charge in [-0.1, -0.05) is 0 Å². The van der Waals surface area contributed by atoms with Crippen LogP contribution in [0.3, 0.4) is 0 Å². The predicted molar refractivity (Wildman–Crippen MR) is 138 cm³/mol. The summed E-state index contributed by atoms with van der Waals surface area (Å²) in [4.78, 5) is 29.0. The van der Waals surface area contributed by atoms with Crippen molar-refractivity contribution in [3.8, 4) is 0 Å². The van der Waals surface area contributed by atoms with Crippen LogP contribution in [-0.2, 0) is 23.4 Å². The zero-order valence-corrected chi connectivity index (χ0v) is 21.1. The van der Waals surface area contributed by atoms with Gasteiger partial charge < -0.3 is 11.1 Å². The minimum atomic E-state index is -3.03. The van der Waals surface area contributed by atoms with Crippen LogP contribution in [0.5, 0.6) is 0 Å². The van der Waals surface area contributed by atoms with Crippen LogP contribution in [0, 0.1) is 15.2 Å². The van der Waals surface area contributed by atoms with Crippen molar-refractivity contribution in [3.63, 3.8) is 0 Å². The number of hydrogen-bond donors (Lipinski definition) is 4. The summed E-state index contributed by atoms with van der Waals surface area (Å²) in [5.74, 6) is 0.805. The molecule has 13 heteroatoms. The first-order valence-corrected chi connectivity index (χ1v) is 12.5. The molecule has 0 saturated carbocycles. The van der Waals surface area contributed by atoms with Crippen LogP contribution < -0.4 is 26.1 Å². The van der Waals surface area contributed by atoms with E-state index in [1.54, 1.807) is 6.07 Å². The van der Waals surface area contributed by atoms with Gasteiger partial charge in [-0.15, -0.1) is 0 Å². The van der Waals surface area contributed by atoms with Gasteiger partial charge in [0.2, 0.25) is 0 Å². The molecule has 0 spiro atoms. The molecule has 1 aromatic carbocycles. The van der Waals surface area contributed by atoms with Crippen LogP contribution in [-0.4, -0.2) is 32.6 Å². The molecule has 3 aromatic rings. The first-order chi connectivity index (χ1) is 15.9. The van der Waals surface area contributed by atoms with Gasteiger partial charge in [0.05, 0.1) is 11.3 Å². The normalized spacial score (nSPS) is 12.7. The van der Waals surface area contributed by atoms with E-state index in [2.05, 4.69) is 25.6 Å². The smallest absolute Gasteiger partial charge is 0.255 e. The van der Waals surface area contributed by atoms with Gasteiger partial charge in [0.1, 0.15) is 21.5 Å². The molecule has 5 N–H and O–H groups in total. The van der Waals surface area contributed by atoms with E-state index in [1.807, 2.05) is 22.6 Å². The van der Waals surface area contributed by atoms with Crippen molar-refractivity contribution in [2.24, 2.45) is 12.8 Å². The number of amides is 1. The molecule has 1 amide bonds. The van der Waals surface area contributed by atoms with Gasteiger partial charge in [-0.3, -0.25) is 18.9 Å². The van der Waals surface area contributed by atoms with Crippen molar-refractivity contribution in [3.05, 3.63) is 78.8 Å². The lowest BCUT2D eigenvalue weighted by Gasteiger charge is -2.17. The van der Waals surface area contributed by atoms with Crippen LogP contribution in [0.1, 0.15) is 21.5 Å². The molecule has 3 rings (SSSR count). The lowest BCUT2D eigenvalue weighted by Crippen LogP contribution is -2.28. The Kier molecular flexibility index (Phi) is 7.57. The maximum absolute atomic E-state index is 15.0. The van der Waals surface area contributed by atoms with Crippen molar-refractivity contribution < 1.29 is 17.8 Å². The van der Waals surface area contributed by atoms with E-state index in [9.17, 15) is 22.6 Å². The largest absolute Gasteiger partial charge is 0.365 e. The fraction of sp³-hybridized carbons (Fsp3) is 0.143. The number of aromatic nitrogens is 2. The Balaban J connectivity index is 2.05. The van der Waals surface area contributed by atoms with E-state index in [0.717, 1.165) is 4.57 Å². The molecule has 0 aliphatic heterocycles. The van der Waals surface area contributed by atoms with Crippen LogP contribution >= 0.6 is 22.6 Å². The molecule has 2 aromatic heterocycles. The zero-order valence-electron chi connectivity index (χ0n) is 18.1. The number of rotatable bonds is 8. The number of nitrogens with zero attached hydrogens (tertiary/aromatic N) is 2. The minimum Gasteiger partial charge on any atom is -0.365 e. The van der Waals surface area contributed by atoms with Crippen LogP contribution in [0.15, 0.2) is 41.3 Å². The summed E-state index contributed by atoms with van der Waals surface area (Å²) >= 11 is 1.95. The number of benzene rings is 1. The summed E-state index contributed by atoms with van der Waals surface area (Å²) in [5, 5.41) is 2.75. The first-order valence-electron chi connectivity index (χ1n) is 9.65. The second-order valence-electron chi connectivity index (χ2n) is 7.20. The maximum atomic E-state index is 15.0. The number of pyridine rings is 2. The average Bonchev–Trinajstić information content (AvgIpc) is 2.77. The van der Waals surface area contributed by atoms with Gasteiger partial charge in [0, 0.05) is 28.8 Å². The topological polar surface area (TPSA) is 131 Å². The number of halogens is 3. The molecule has 0 saturated heterocycles. The molecule has 0 aliphatic rings. The quantitative estimate of drug-likeness (QED) is 0.232. The summed E-state index contributed by atoms with van der Waals surface area (Å²) in [5.41, 5.74) is 5.04. The van der Waals surface area contributed by atoms with Crippen LogP contribution in [0.4, 0.5) is 26.1 Å². The standard InChI is InChI=1S/C21H21F2IN6O3S/c1-26-34(3,33)29-19-17(23)11(6-7-27-19)8-12-9-14(18(25)31)20(30(2)21(12)32)28-16-5-4-13(24)10-15(16)22/h4-7,9-10,28H,3,8H2,1-2H3,(H2,25,31)(H2,26,27,29,33). The Morgan fingerprint density at radius 3 is 2.59 bits per heavy atom. The fourth-order valence-electron chi connectivity index (χ4n) is 3.09. The second-order valence-corrected chi connectivity index (χ2v) is 10.4. The van der Waals surface area contributed by atoms with Gasteiger partial charge >= 0.3 is 0 Å². The molecule has 0 radical (unpaired) electrons. The number of hydrogen-bond acceptors (Lipinski definition) is 5. The Labute approximate surface area is 208 Å². The Morgan fingerprint density at radius 2 is 1.97 bits per heavy atom. The number of anilines is 3. The molecule has 180 valence electrons. The van der Waals surface area contributed by atoms with Crippen molar-refractivity contribution in [1.29, 1.82) is 0 Å². The Morgan fingerprint density at radius 1 is 1.26 bits per heavy atom. The van der Waals surface area contributed by atoms with Gasteiger partial charge in [-0.05, 0) is 71.4 Å². The minimum absolute atomic E-state index is 0.00951. The second kappa shape index (κ2) is 10.1. The molecular formula is C21H21F2IN6O3S. The molecule has 34 heavy (non-hydrogen) atoms. The number of primary amides is 1. The third-order valence-electron chi connectivity index (χ3n) is 4.88. The Hall–Kier alpha value is -3.04. The Bertz CT molecular complexity index is 1440. The van der Waals surface area contributed by atoms with E-state index in [1.165, 1.54) is 44.6 Å². The van der Waals surface area contributed by atoms with Crippen molar-refractivity contribution in [2.45, 2.75) is 6.42 Å². The molecule has 0 fully saturated rings. The highest BCUT2D eigenvalue weighted by atomic mass is 127. The summed E-state index contributed by atoms with van der Waals surface area (Å²) in [6, 6.07) is 6.99. The zero-order chi connectivity index (χ0) is 25.2. The third-order valence-corrected chi connectivity index (χ3v) is 6.73. The first kappa shape index (κ1) is 25.6. The van der Waals surface area contributed by atoms with Gasteiger partial charge in [0.15, 0.2) is 11.6 Å². The van der Waals surface area contributed by atoms with E-state index in [-0.39, 0.29) is 40.4 Å². The van der Waals surface area contributed by atoms with Crippen LogP contribution in [0.25, 0.3) is 0 Å². The number of nitrogens with two attached hydrogens (primary N) is 1. The number of carbonyl (C=O) groups is 1. The highest BCUT2D eigenvalue weighted by Crippen LogP contribution is 2.25. The van der Waals surface area contributed by atoms with Crippen molar-refractivity contribution in [2.75, 3.05) is 17.1 Å². The van der Waals surface area contributed by atoms with Crippen molar-refractivity contribution in [1.82, 2.24) is 14.3 Å². The molecule has 1 atom stereocenters. The van der Waals surface area contributed by atoms with Gasteiger partial charge in [-0.2, -0.15) is 0 Å². The highest BCUT2D eigenvalue weighted by molar-refractivity contribution is 14.1. The van der Waals surface area contributed by atoms with Gasteiger partial charge in [0.25, 0.3) is 11.5 Å². The lowest BCUT2D eigenvalue weighted by molar-refractivity contribution is 0.100. The molecule has 0 bridgehead atoms. The lowest BCUT2D eigenvalue weighted by atomic mass is 10.0. The van der Waals surface area contributed by atoms with E-state index in [0.29, 0.717) is 3.57 Å². The van der Waals surface area contributed by atoms with Crippen molar-refractivity contribution >= 4 is 61.6 Å². The fourth-order valence-corrected chi connectivity index (χ4v) is 4.10. The number of nitrogens with one attached hydrogen (secondary N) is 3.